The highest BCUT2D eigenvalue weighted by Crippen LogP contribution is 2.13. The third-order valence-electron chi connectivity index (χ3n) is 2.08. The maximum Gasteiger partial charge on any atom is 0.243 e. The number of hydrogen-bond acceptors (Lipinski definition) is 2. The molecular weight excluding hydrogens is 284 g/mol. The van der Waals surface area contributed by atoms with Crippen LogP contribution >= 0.6 is 15.9 Å². The van der Waals surface area contributed by atoms with Crippen molar-refractivity contribution in [3.8, 4) is 0 Å². The first-order valence-electron chi connectivity index (χ1n) is 5.32. The summed E-state index contributed by atoms with van der Waals surface area (Å²) < 4.78 is 0.948. The number of rotatable bonds is 4. The Bertz CT molecular complexity index is 401. The van der Waals surface area contributed by atoms with Crippen LogP contribution in [0, 0.1) is 5.92 Å². The Morgan fingerprint density at radius 1 is 1.24 bits per heavy atom. The van der Waals surface area contributed by atoms with Gasteiger partial charge in [0, 0.05) is 16.1 Å². The molecule has 92 valence electrons. The highest BCUT2D eigenvalue weighted by Gasteiger charge is 2.08. The molecule has 0 bridgehead atoms. The van der Waals surface area contributed by atoms with Gasteiger partial charge in [-0.1, -0.05) is 29.8 Å². The highest BCUT2D eigenvalue weighted by atomic mass is 79.9. The molecule has 0 spiro atoms. The van der Waals surface area contributed by atoms with Crippen LogP contribution in [0.25, 0.3) is 0 Å². The standard InChI is InChI=1S/C12H15BrN2O2/c1-8(2)12(17)14-7-11(16)15-10-5-3-9(13)4-6-10/h3-6,8H,7H2,1-2H3,(H,14,17)(H,15,16). The lowest BCUT2D eigenvalue weighted by Crippen LogP contribution is -2.35. The van der Waals surface area contributed by atoms with Gasteiger partial charge in [-0.2, -0.15) is 0 Å². The van der Waals surface area contributed by atoms with Crippen LogP contribution in [0.4, 0.5) is 5.69 Å². The molecule has 0 aliphatic rings. The van der Waals surface area contributed by atoms with Crippen LogP contribution < -0.4 is 10.6 Å². The van der Waals surface area contributed by atoms with Crippen molar-refractivity contribution in [3.63, 3.8) is 0 Å². The molecule has 0 heterocycles. The van der Waals surface area contributed by atoms with Gasteiger partial charge in [-0.05, 0) is 24.3 Å². The normalized spacial score (nSPS) is 10.1. The zero-order chi connectivity index (χ0) is 12.8. The third kappa shape index (κ3) is 4.99. The van der Waals surface area contributed by atoms with Crippen LogP contribution in [0.5, 0.6) is 0 Å². The fraction of sp³-hybridized carbons (Fsp3) is 0.333. The van der Waals surface area contributed by atoms with Crippen molar-refractivity contribution in [2.75, 3.05) is 11.9 Å². The number of nitrogens with one attached hydrogen (secondary N) is 2. The molecular formula is C12H15BrN2O2. The van der Waals surface area contributed by atoms with E-state index in [1.807, 2.05) is 12.1 Å². The van der Waals surface area contributed by atoms with Gasteiger partial charge in [0.25, 0.3) is 0 Å². The van der Waals surface area contributed by atoms with Crippen molar-refractivity contribution in [2.45, 2.75) is 13.8 Å². The second kappa shape index (κ2) is 6.39. The number of hydrogen-bond donors (Lipinski definition) is 2. The van der Waals surface area contributed by atoms with E-state index in [0.29, 0.717) is 5.69 Å². The summed E-state index contributed by atoms with van der Waals surface area (Å²) in [6.45, 7) is 3.55. The van der Waals surface area contributed by atoms with Crippen LogP contribution in [0.1, 0.15) is 13.8 Å². The minimum atomic E-state index is -0.235. The number of carbonyl (C=O) groups excluding carboxylic acids is 2. The molecule has 0 fully saturated rings. The van der Waals surface area contributed by atoms with E-state index in [1.165, 1.54) is 0 Å². The third-order valence-corrected chi connectivity index (χ3v) is 2.60. The molecule has 0 aromatic heterocycles. The van der Waals surface area contributed by atoms with Crippen molar-refractivity contribution < 1.29 is 9.59 Å². The summed E-state index contributed by atoms with van der Waals surface area (Å²) in [6.07, 6.45) is 0. The Morgan fingerprint density at radius 2 is 1.82 bits per heavy atom. The summed E-state index contributed by atoms with van der Waals surface area (Å²) in [5.41, 5.74) is 0.706. The predicted molar refractivity (Wildman–Crippen MR) is 70.6 cm³/mol. The molecule has 1 aromatic rings. The van der Waals surface area contributed by atoms with Crippen LogP contribution in [-0.4, -0.2) is 18.4 Å². The topological polar surface area (TPSA) is 58.2 Å². The minimum Gasteiger partial charge on any atom is -0.347 e. The molecule has 0 atom stereocenters. The molecule has 17 heavy (non-hydrogen) atoms. The maximum atomic E-state index is 11.5. The average molecular weight is 299 g/mol. The maximum absolute atomic E-state index is 11.5. The number of halogens is 1. The molecule has 2 amide bonds. The van der Waals surface area contributed by atoms with Crippen molar-refractivity contribution in [2.24, 2.45) is 5.92 Å². The molecule has 0 aliphatic heterocycles. The Hall–Kier alpha value is -1.36. The first kappa shape index (κ1) is 13.7. The minimum absolute atomic E-state index is 0.00687. The number of amides is 2. The lowest BCUT2D eigenvalue weighted by molar-refractivity contribution is -0.126. The van der Waals surface area contributed by atoms with E-state index in [0.717, 1.165) is 4.47 Å². The van der Waals surface area contributed by atoms with Crippen molar-refractivity contribution in [3.05, 3.63) is 28.7 Å². The highest BCUT2D eigenvalue weighted by molar-refractivity contribution is 9.10. The van der Waals surface area contributed by atoms with Crippen LogP contribution in [-0.2, 0) is 9.59 Å². The summed E-state index contributed by atoms with van der Waals surface area (Å²) in [7, 11) is 0. The van der Waals surface area contributed by atoms with Crippen LogP contribution in [0.3, 0.4) is 0 Å². The molecule has 1 aromatic carbocycles. The van der Waals surface area contributed by atoms with Gasteiger partial charge < -0.3 is 10.6 Å². The Balaban J connectivity index is 2.40. The van der Waals surface area contributed by atoms with E-state index >= 15 is 0 Å². The summed E-state index contributed by atoms with van der Waals surface area (Å²) >= 11 is 3.31. The van der Waals surface area contributed by atoms with Crippen LogP contribution in [0.15, 0.2) is 28.7 Å². The Morgan fingerprint density at radius 3 is 2.35 bits per heavy atom. The van der Waals surface area contributed by atoms with Crippen LogP contribution in [0.2, 0.25) is 0 Å². The largest absolute Gasteiger partial charge is 0.347 e. The molecule has 1 rings (SSSR count). The van der Waals surface area contributed by atoms with E-state index in [-0.39, 0.29) is 24.3 Å². The zero-order valence-corrected chi connectivity index (χ0v) is 11.4. The molecule has 0 unspecified atom stereocenters. The van der Waals surface area contributed by atoms with Gasteiger partial charge in [-0.15, -0.1) is 0 Å². The number of anilines is 1. The van der Waals surface area contributed by atoms with E-state index in [2.05, 4.69) is 26.6 Å². The van der Waals surface area contributed by atoms with E-state index in [1.54, 1.807) is 26.0 Å². The quantitative estimate of drug-likeness (QED) is 0.895. The lowest BCUT2D eigenvalue weighted by atomic mass is 10.2. The predicted octanol–water partition coefficient (Wildman–Crippen LogP) is 2.16. The SMILES string of the molecule is CC(C)C(=O)NCC(=O)Nc1ccc(Br)cc1. The van der Waals surface area contributed by atoms with Crippen molar-refractivity contribution >= 4 is 33.4 Å². The fourth-order valence-corrected chi connectivity index (χ4v) is 1.37. The molecule has 0 radical (unpaired) electrons. The summed E-state index contributed by atoms with van der Waals surface area (Å²) in [5, 5.41) is 5.24. The van der Waals surface area contributed by atoms with Gasteiger partial charge in [0.1, 0.15) is 0 Å². The van der Waals surface area contributed by atoms with Gasteiger partial charge >= 0.3 is 0 Å². The Labute approximate surface area is 109 Å². The molecule has 0 saturated carbocycles. The van der Waals surface area contributed by atoms with Gasteiger partial charge in [0.05, 0.1) is 6.54 Å². The van der Waals surface area contributed by atoms with Crippen molar-refractivity contribution in [1.82, 2.24) is 5.32 Å². The lowest BCUT2D eigenvalue weighted by Gasteiger charge is -2.08. The summed E-state index contributed by atoms with van der Waals surface area (Å²) in [4.78, 5) is 22.7. The first-order valence-corrected chi connectivity index (χ1v) is 6.11. The van der Waals surface area contributed by atoms with Gasteiger partial charge in [-0.25, -0.2) is 0 Å². The van der Waals surface area contributed by atoms with E-state index < -0.39 is 0 Å². The number of benzene rings is 1. The van der Waals surface area contributed by atoms with E-state index in [9.17, 15) is 9.59 Å². The molecule has 0 aliphatic carbocycles. The molecule has 2 N–H and O–H groups in total. The van der Waals surface area contributed by atoms with Gasteiger partial charge in [0.2, 0.25) is 11.8 Å². The molecule has 5 heteroatoms. The smallest absolute Gasteiger partial charge is 0.243 e. The molecule has 4 nitrogen and oxygen atoms in total. The summed E-state index contributed by atoms with van der Waals surface area (Å²) in [5.74, 6) is -0.479. The number of carbonyl (C=O) groups is 2. The summed E-state index contributed by atoms with van der Waals surface area (Å²) in [6, 6.07) is 7.24. The average Bonchev–Trinajstić information content (AvgIpc) is 2.29. The first-order chi connectivity index (χ1) is 7.99. The molecule has 0 saturated heterocycles. The van der Waals surface area contributed by atoms with Crippen molar-refractivity contribution in [1.29, 1.82) is 0 Å². The zero-order valence-electron chi connectivity index (χ0n) is 9.79. The van der Waals surface area contributed by atoms with Gasteiger partial charge in [-0.3, -0.25) is 9.59 Å². The monoisotopic (exact) mass is 298 g/mol. The van der Waals surface area contributed by atoms with Gasteiger partial charge in [0.15, 0.2) is 0 Å². The second-order valence-corrected chi connectivity index (χ2v) is 4.84. The Kier molecular flexibility index (Phi) is 5.15. The fourth-order valence-electron chi connectivity index (χ4n) is 1.11. The van der Waals surface area contributed by atoms with E-state index in [4.69, 9.17) is 0 Å². The second-order valence-electron chi connectivity index (χ2n) is 3.93.